The Hall–Kier alpha value is -0.890. The van der Waals surface area contributed by atoms with Gasteiger partial charge in [-0.2, -0.15) is 0 Å². The zero-order valence-corrected chi connectivity index (χ0v) is 9.21. The molecule has 1 radical (unpaired) electrons. The summed E-state index contributed by atoms with van der Waals surface area (Å²) < 4.78 is 0. The molecule has 1 saturated heterocycles. The van der Waals surface area contributed by atoms with E-state index in [0.29, 0.717) is 5.41 Å². The van der Waals surface area contributed by atoms with Crippen molar-refractivity contribution in [3.63, 3.8) is 0 Å². The van der Waals surface area contributed by atoms with Crippen LogP contribution in [0.2, 0.25) is 0 Å². The molecule has 2 heterocycles. The van der Waals surface area contributed by atoms with Crippen molar-refractivity contribution >= 4 is 0 Å². The monoisotopic (exact) mass is 201 g/mol. The third-order valence-corrected chi connectivity index (χ3v) is 3.76. The van der Waals surface area contributed by atoms with Gasteiger partial charge in [0.25, 0.3) is 0 Å². The minimum Gasteiger partial charge on any atom is -0.316 e. The highest BCUT2D eigenvalue weighted by atomic mass is 14.9. The van der Waals surface area contributed by atoms with Crippen LogP contribution < -0.4 is 5.32 Å². The van der Waals surface area contributed by atoms with Crippen LogP contribution in [0.1, 0.15) is 29.8 Å². The van der Waals surface area contributed by atoms with E-state index in [0.717, 1.165) is 25.2 Å². The number of fused-ring (bicyclic) bond motifs is 2. The van der Waals surface area contributed by atoms with Gasteiger partial charge in [0.15, 0.2) is 0 Å². The van der Waals surface area contributed by atoms with Crippen molar-refractivity contribution in [2.45, 2.75) is 31.6 Å². The quantitative estimate of drug-likeness (QED) is 0.692. The van der Waals surface area contributed by atoms with Gasteiger partial charge in [-0.25, -0.2) is 0 Å². The van der Waals surface area contributed by atoms with Crippen LogP contribution in [0.5, 0.6) is 0 Å². The molecule has 0 unspecified atom stereocenters. The molecule has 1 aromatic rings. The first-order chi connectivity index (χ1) is 7.30. The third kappa shape index (κ3) is 1.39. The second kappa shape index (κ2) is 3.31. The van der Waals surface area contributed by atoms with E-state index in [9.17, 15) is 0 Å². The van der Waals surface area contributed by atoms with Crippen LogP contribution in [-0.2, 0) is 11.8 Å². The lowest BCUT2D eigenvalue weighted by Gasteiger charge is -2.34. The van der Waals surface area contributed by atoms with Crippen LogP contribution >= 0.6 is 0 Å². The van der Waals surface area contributed by atoms with Gasteiger partial charge in [-0.05, 0) is 50.8 Å². The van der Waals surface area contributed by atoms with Gasteiger partial charge in [-0.15, -0.1) is 0 Å². The molecule has 2 aliphatic rings. The van der Waals surface area contributed by atoms with Gasteiger partial charge in [-0.3, -0.25) is 4.98 Å². The summed E-state index contributed by atoms with van der Waals surface area (Å²) in [5.74, 6) is 0. The smallest absolute Gasteiger partial charge is 0.0445 e. The topological polar surface area (TPSA) is 24.9 Å². The molecular weight excluding hydrogens is 184 g/mol. The summed E-state index contributed by atoms with van der Waals surface area (Å²) >= 11 is 0. The molecule has 0 aromatic carbocycles. The van der Waals surface area contributed by atoms with Crippen molar-refractivity contribution in [1.29, 1.82) is 0 Å². The van der Waals surface area contributed by atoms with Crippen molar-refractivity contribution < 1.29 is 0 Å². The summed E-state index contributed by atoms with van der Waals surface area (Å²) in [5.41, 5.74) is 4.26. The largest absolute Gasteiger partial charge is 0.316 e. The van der Waals surface area contributed by atoms with Crippen molar-refractivity contribution in [1.82, 2.24) is 10.3 Å². The van der Waals surface area contributed by atoms with E-state index in [1.807, 2.05) is 0 Å². The van der Waals surface area contributed by atoms with Gasteiger partial charge in [0, 0.05) is 23.3 Å². The number of aromatic nitrogens is 1. The maximum absolute atomic E-state index is 4.68. The lowest BCUT2D eigenvalue weighted by atomic mass is 9.71. The van der Waals surface area contributed by atoms with Crippen LogP contribution in [0.4, 0.5) is 0 Å². The normalized spacial score (nSPS) is 29.4. The molecule has 2 heteroatoms. The molecule has 0 saturated carbocycles. The molecule has 0 amide bonds. The Morgan fingerprint density at radius 2 is 2.33 bits per heavy atom. The highest BCUT2D eigenvalue weighted by molar-refractivity contribution is 5.38. The van der Waals surface area contributed by atoms with Crippen molar-refractivity contribution in [3.05, 3.63) is 35.5 Å². The summed E-state index contributed by atoms with van der Waals surface area (Å²) in [7, 11) is 0. The minimum absolute atomic E-state index is 0.300. The summed E-state index contributed by atoms with van der Waals surface area (Å²) in [6.07, 6.45) is 6.17. The predicted octanol–water partition coefficient (Wildman–Crippen LogP) is 1.77. The van der Waals surface area contributed by atoms with E-state index in [4.69, 9.17) is 0 Å². The zero-order valence-electron chi connectivity index (χ0n) is 9.21. The summed E-state index contributed by atoms with van der Waals surface area (Å²) in [6.45, 7) is 4.23. The highest BCUT2D eigenvalue weighted by Crippen LogP contribution is 2.40. The van der Waals surface area contributed by atoms with E-state index in [1.54, 1.807) is 0 Å². The molecule has 1 N–H and O–H groups in total. The van der Waals surface area contributed by atoms with Crippen LogP contribution in [0, 0.1) is 13.3 Å². The van der Waals surface area contributed by atoms with Gasteiger partial charge in [0.1, 0.15) is 0 Å². The van der Waals surface area contributed by atoms with Gasteiger partial charge in [0.05, 0.1) is 0 Å². The van der Waals surface area contributed by atoms with E-state index in [1.165, 1.54) is 24.1 Å². The van der Waals surface area contributed by atoms with Gasteiger partial charge in [0.2, 0.25) is 0 Å². The number of nitrogens with zero attached hydrogens (tertiary/aromatic N) is 1. The SMILES string of the molecule is Cc1ccc2c(n1)CCC[C@@]21[CH]CNC1. The second-order valence-electron chi connectivity index (χ2n) is 4.79. The summed E-state index contributed by atoms with van der Waals surface area (Å²) in [4.78, 5) is 4.68. The van der Waals surface area contributed by atoms with Gasteiger partial charge in [-0.1, -0.05) is 6.07 Å². The van der Waals surface area contributed by atoms with E-state index < -0.39 is 0 Å². The fourth-order valence-corrected chi connectivity index (χ4v) is 2.99. The molecule has 1 spiro atoms. The number of hydrogen-bond acceptors (Lipinski definition) is 2. The Labute approximate surface area is 91.1 Å². The van der Waals surface area contributed by atoms with E-state index in [2.05, 4.69) is 35.8 Å². The number of nitrogens with one attached hydrogen (secondary N) is 1. The van der Waals surface area contributed by atoms with Crippen molar-refractivity contribution in [3.8, 4) is 0 Å². The average molecular weight is 201 g/mol. The Morgan fingerprint density at radius 1 is 1.40 bits per heavy atom. The van der Waals surface area contributed by atoms with E-state index in [-0.39, 0.29) is 0 Å². The van der Waals surface area contributed by atoms with Crippen molar-refractivity contribution in [2.24, 2.45) is 0 Å². The average Bonchev–Trinajstić information content (AvgIpc) is 2.67. The predicted molar refractivity (Wildman–Crippen MR) is 60.8 cm³/mol. The first-order valence-corrected chi connectivity index (χ1v) is 5.82. The Morgan fingerprint density at radius 3 is 3.13 bits per heavy atom. The molecule has 79 valence electrons. The molecule has 1 aliphatic heterocycles. The standard InChI is InChI=1S/C13H17N2/c1-10-4-5-11-12(15-10)3-2-6-13(11)7-8-14-9-13/h4-5,7,14H,2-3,6,8-9H2,1H3/t13-/m0/s1. The molecule has 1 atom stereocenters. The second-order valence-corrected chi connectivity index (χ2v) is 4.79. The first kappa shape index (κ1) is 9.34. The molecule has 2 nitrogen and oxygen atoms in total. The molecule has 1 aromatic heterocycles. The fraction of sp³-hybridized carbons (Fsp3) is 0.538. The molecular formula is C13H17N2. The minimum atomic E-state index is 0.300. The van der Waals surface area contributed by atoms with Crippen LogP contribution in [0.25, 0.3) is 0 Å². The van der Waals surface area contributed by atoms with E-state index >= 15 is 0 Å². The number of pyridine rings is 1. The van der Waals surface area contributed by atoms with Crippen molar-refractivity contribution in [2.75, 3.05) is 13.1 Å². The number of aryl methyl sites for hydroxylation is 2. The Bertz CT molecular complexity index is 378. The molecule has 0 bridgehead atoms. The first-order valence-electron chi connectivity index (χ1n) is 5.82. The van der Waals surface area contributed by atoms with Gasteiger partial charge >= 0.3 is 0 Å². The van der Waals surface area contributed by atoms with Gasteiger partial charge < -0.3 is 5.32 Å². The lowest BCUT2D eigenvalue weighted by molar-refractivity contribution is 0.438. The zero-order chi connectivity index (χ0) is 10.3. The van der Waals surface area contributed by atoms with Crippen LogP contribution in [-0.4, -0.2) is 18.1 Å². The van der Waals surface area contributed by atoms with Crippen LogP contribution in [0.15, 0.2) is 12.1 Å². The maximum atomic E-state index is 4.68. The maximum Gasteiger partial charge on any atom is 0.0445 e. The molecule has 1 aliphatic carbocycles. The summed E-state index contributed by atoms with van der Waals surface area (Å²) in [5, 5.41) is 3.45. The fourth-order valence-electron chi connectivity index (χ4n) is 2.99. The molecule has 1 fully saturated rings. The number of rotatable bonds is 0. The third-order valence-electron chi connectivity index (χ3n) is 3.76. The number of hydrogen-bond donors (Lipinski definition) is 1. The molecule has 3 rings (SSSR count). The van der Waals surface area contributed by atoms with Crippen LogP contribution in [0.3, 0.4) is 0 Å². The molecule has 15 heavy (non-hydrogen) atoms. The highest BCUT2D eigenvalue weighted by Gasteiger charge is 2.39. The Balaban J connectivity index is 2.10. The summed E-state index contributed by atoms with van der Waals surface area (Å²) in [6, 6.07) is 4.44. The Kier molecular flexibility index (Phi) is 2.06. The lowest BCUT2D eigenvalue weighted by Crippen LogP contribution is -2.34.